The van der Waals surface area contributed by atoms with Crippen LogP contribution in [0.3, 0.4) is 0 Å². The zero-order valence-electron chi connectivity index (χ0n) is 19.7. The molecule has 6 heteroatoms. The Labute approximate surface area is 198 Å². The fourth-order valence-electron chi connectivity index (χ4n) is 4.29. The summed E-state index contributed by atoms with van der Waals surface area (Å²) >= 11 is 0. The second kappa shape index (κ2) is 13.3. The van der Waals surface area contributed by atoms with Crippen molar-refractivity contribution in [1.82, 2.24) is 25.8 Å². The molecule has 0 spiro atoms. The highest BCUT2D eigenvalue weighted by molar-refractivity contribution is 5.90. The molecule has 176 valence electrons. The molecular formula is C27H38N6. The number of benzene rings is 2. The molecular weight excluding hydrogens is 408 g/mol. The Morgan fingerprint density at radius 1 is 0.727 bits per heavy atom. The summed E-state index contributed by atoms with van der Waals surface area (Å²) in [6.45, 7) is 10.4. The molecule has 33 heavy (non-hydrogen) atoms. The molecule has 1 fully saturated rings. The normalized spacial score (nSPS) is 17.5. The number of hydrogen-bond donors (Lipinski definition) is 4. The molecule has 0 aliphatic carbocycles. The van der Waals surface area contributed by atoms with Gasteiger partial charge in [-0.2, -0.15) is 0 Å². The number of anilines is 1. The molecule has 0 atom stereocenters. The van der Waals surface area contributed by atoms with Crippen molar-refractivity contribution in [3.63, 3.8) is 0 Å². The first kappa shape index (κ1) is 23.6. The van der Waals surface area contributed by atoms with Crippen molar-refractivity contribution in [2.75, 3.05) is 57.7 Å². The molecule has 2 aromatic carbocycles. The fraction of sp³-hybridized carbons (Fsp3) is 0.444. The van der Waals surface area contributed by atoms with Crippen molar-refractivity contribution in [3.05, 3.63) is 71.9 Å². The lowest BCUT2D eigenvalue weighted by Gasteiger charge is -2.23. The van der Waals surface area contributed by atoms with Crippen LogP contribution in [0.5, 0.6) is 0 Å². The van der Waals surface area contributed by atoms with Gasteiger partial charge < -0.3 is 21.3 Å². The van der Waals surface area contributed by atoms with Gasteiger partial charge in [0.2, 0.25) is 0 Å². The summed E-state index contributed by atoms with van der Waals surface area (Å²) in [5.41, 5.74) is 4.77. The van der Waals surface area contributed by atoms with Crippen LogP contribution in [0, 0.1) is 0 Å². The number of aromatic nitrogens is 1. The molecule has 0 bridgehead atoms. The lowest BCUT2D eigenvalue weighted by atomic mass is 10.1. The molecule has 1 saturated heterocycles. The van der Waals surface area contributed by atoms with Gasteiger partial charge in [-0.25, -0.2) is 0 Å². The lowest BCUT2D eigenvalue weighted by molar-refractivity contribution is 0.260. The molecule has 3 aromatic rings. The molecule has 0 radical (unpaired) electrons. The number of nitrogens with zero attached hydrogens (tertiary/aromatic N) is 2. The molecule has 0 unspecified atom stereocenters. The third kappa shape index (κ3) is 7.79. The maximum atomic E-state index is 4.54. The third-order valence-electron chi connectivity index (χ3n) is 6.16. The van der Waals surface area contributed by atoms with Crippen molar-refractivity contribution < 1.29 is 0 Å². The van der Waals surface area contributed by atoms with E-state index < -0.39 is 0 Å². The summed E-state index contributed by atoms with van der Waals surface area (Å²) in [6, 6.07) is 19.4. The summed E-state index contributed by atoms with van der Waals surface area (Å²) in [4.78, 5) is 7.12. The van der Waals surface area contributed by atoms with Gasteiger partial charge >= 0.3 is 0 Å². The molecule has 0 saturated carbocycles. The van der Waals surface area contributed by atoms with Gasteiger partial charge in [-0.05, 0) is 62.3 Å². The van der Waals surface area contributed by atoms with Crippen LogP contribution >= 0.6 is 0 Å². The Morgan fingerprint density at radius 3 is 2.30 bits per heavy atom. The van der Waals surface area contributed by atoms with Crippen LogP contribution in [-0.4, -0.2) is 62.2 Å². The summed E-state index contributed by atoms with van der Waals surface area (Å²) < 4.78 is 0. The Balaban J connectivity index is 1.29. The molecule has 1 aliphatic heterocycles. The molecule has 4 N–H and O–H groups in total. The Morgan fingerprint density at radius 2 is 1.45 bits per heavy atom. The number of rotatable bonds is 5. The van der Waals surface area contributed by atoms with E-state index in [1.807, 2.05) is 12.3 Å². The van der Waals surface area contributed by atoms with Gasteiger partial charge in [-0.1, -0.05) is 42.5 Å². The van der Waals surface area contributed by atoms with Gasteiger partial charge in [0.25, 0.3) is 0 Å². The van der Waals surface area contributed by atoms with Crippen LogP contribution in [0.2, 0.25) is 0 Å². The van der Waals surface area contributed by atoms with Crippen molar-refractivity contribution in [2.24, 2.45) is 0 Å². The van der Waals surface area contributed by atoms with Crippen molar-refractivity contribution in [2.45, 2.75) is 25.9 Å². The predicted octanol–water partition coefficient (Wildman–Crippen LogP) is 3.21. The van der Waals surface area contributed by atoms with E-state index in [4.69, 9.17) is 0 Å². The molecule has 6 nitrogen and oxygen atoms in total. The molecule has 1 aliphatic rings. The number of para-hydroxylation sites is 1. The van der Waals surface area contributed by atoms with Gasteiger partial charge in [0.1, 0.15) is 0 Å². The minimum Gasteiger partial charge on any atom is -0.379 e. The SMILES string of the molecule is c1cnc2c(NCc3ccc(CN4CCCNCCNCCCNCC4)cc3)cccc2c1. The van der Waals surface area contributed by atoms with Gasteiger partial charge in [0, 0.05) is 50.9 Å². The standard InChI is InChI=1S/C27H38N6/c1-5-25-6-2-15-31-27(25)26(7-1)32-21-23-8-10-24(11-9-23)22-33-19-4-14-29-17-16-28-12-3-13-30-18-20-33/h1-2,5-11,15,28-30,32H,3-4,12-14,16-22H2. The molecule has 0 amide bonds. The summed E-state index contributed by atoms with van der Waals surface area (Å²) in [5, 5.41) is 15.4. The topological polar surface area (TPSA) is 64.2 Å². The van der Waals surface area contributed by atoms with Crippen molar-refractivity contribution >= 4 is 16.6 Å². The van der Waals surface area contributed by atoms with Gasteiger partial charge in [0.15, 0.2) is 0 Å². The lowest BCUT2D eigenvalue weighted by Crippen LogP contribution is -2.36. The number of fused-ring (bicyclic) bond motifs is 1. The van der Waals surface area contributed by atoms with Gasteiger partial charge in [-0.3, -0.25) is 9.88 Å². The zero-order valence-corrected chi connectivity index (χ0v) is 19.7. The van der Waals surface area contributed by atoms with Crippen LogP contribution in [-0.2, 0) is 13.1 Å². The smallest absolute Gasteiger partial charge is 0.0933 e. The van der Waals surface area contributed by atoms with Crippen LogP contribution in [0.4, 0.5) is 5.69 Å². The second-order valence-electron chi connectivity index (χ2n) is 8.78. The van der Waals surface area contributed by atoms with Crippen molar-refractivity contribution in [3.8, 4) is 0 Å². The Kier molecular flexibility index (Phi) is 9.50. The van der Waals surface area contributed by atoms with Crippen LogP contribution < -0.4 is 21.3 Å². The van der Waals surface area contributed by atoms with Crippen molar-refractivity contribution in [1.29, 1.82) is 0 Å². The van der Waals surface area contributed by atoms with E-state index in [0.29, 0.717) is 0 Å². The van der Waals surface area contributed by atoms with E-state index in [0.717, 1.165) is 82.0 Å². The van der Waals surface area contributed by atoms with Crippen LogP contribution in [0.15, 0.2) is 60.8 Å². The summed E-state index contributed by atoms with van der Waals surface area (Å²) in [6.07, 6.45) is 4.22. The quantitative estimate of drug-likeness (QED) is 0.483. The second-order valence-corrected chi connectivity index (χ2v) is 8.78. The highest BCUT2D eigenvalue weighted by Crippen LogP contribution is 2.21. The maximum Gasteiger partial charge on any atom is 0.0933 e. The van der Waals surface area contributed by atoms with Gasteiger partial charge in [0.05, 0.1) is 11.2 Å². The first-order valence-electron chi connectivity index (χ1n) is 12.4. The number of hydrogen-bond acceptors (Lipinski definition) is 6. The molecule has 4 rings (SSSR count). The van der Waals surface area contributed by atoms with E-state index in [9.17, 15) is 0 Å². The Bertz CT molecular complexity index is 939. The Hall–Kier alpha value is -2.51. The number of pyridine rings is 1. The molecule has 2 heterocycles. The maximum absolute atomic E-state index is 4.54. The summed E-state index contributed by atoms with van der Waals surface area (Å²) in [7, 11) is 0. The first-order chi connectivity index (χ1) is 16.4. The van der Waals surface area contributed by atoms with Crippen LogP contribution in [0.1, 0.15) is 24.0 Å². The highest BCUT2D eigenvalue weighted by Gasteiger charge is 2.07. The van der Waals surface area contributed by atoms with E-state index in [-0.39, 0.29) is 0 Å². The minimum absolute atomic E-state index is 0.796. The van der Waals surface area contributed by atoms with Crippen LogP contribution in [0.25, 0.3) is 10.9 Å². The average molecular weight is 447 g/mol. The van der Waals surface area contributed by atoms with E-state index >= 15 is 0 Å². The highest BCUT2D eigenvalue weighted by atomic mass is 15.1. The largest absolute Gasteiger partial charge is 0.379 e. The first-order valence-corrected chi connectivity index (χ1v) is 12.4. The van der Waals surface area contributed by atoms with E-state index in [1.165, 1.54) is 24.0 Å². The molecule has 1 aromatic heterocycles. The predicted molar refractivity (Wildman–Crippen MR) is 139 cm³/mol. The average Bonchev–Trinajstić information content (AvgIpc) is 2.86. The third-order valence-corrected chi connectivity index (χ3v) is 6.16. The van der Waals surface area contributed by atoms with Gasteiger partial charge in [-0.15, -0.1) is 0 Å². The monoisotopic (exact) mass is 446 g/mol. The number of nitrogens with one attached hydrogen (secondary N) is 4. The summed E-state index contributed by atoms with van der Waals surface area (Å²) in [5.74, 6) is 0. The zero-order chi connectivity index (χ0) is 22.6. The fourth-order valence-corrected chi connectivity index (χ4v) is 4.29. The van der Waals surface area contributed by atoms with E-state index in [2.05, 4.69) is 79.7 Å². The minimum atomic E-state index is 0.796. The van der Waals surface area contributed by atoms with E-state index in [1.54, 1.807) is 0 Å².